The average Bonchev–Trinajstić information content (AvgIpc) is 3.01. The fraction of sp³-hybridized carbons (Fsp3) is 1.00. The quantitative estimate of drug-likeness (QED) is 0.746. The molecule has 0 spiro atoms. The van der Waals surface area contributed by atoms with E-state index in [-0.39, 0.29) is 0 Å². The molecule has 3 atom stereocenters. The van der Waals surface area contributed by atoms with E-state index in [1.54, 1.807) is 0 Å². The molecule has 1 heteroatoms. The smallest absolute Gasteiger partial charge is 0.00954 e. The molecular formula is C14H27N. The molecule has 0 aliphatic heterocycles. The van der Waals surface area contributed by atoms with Gasteiger partial charge in [-0.15, -0.1) is 0 Å². The van der Waals surface area contributed by atoms with Crippen LogP contribution in [-0.4, -0.2) is 12.6 Å². The Morgan fingerprint density at radius 3 is 2.53 bits per heavy atom. The topological polar surface area (TPSA) is 12.0 Å². The van der Waals surface area contributed by atoms with Gasteiger partial charge in [0.1, 0.15) is 0 Å². The van der Waals surface area contributed by atoms with Gasteiger partial charge in [-0.1, -0.05) is 33.6 Å². The van der Waals surface area contributed by atoms with E-state index in [2.05, 4.69) is 26.1 Å². The van der Waals surface area contributed by atoms with Crippen molar-refractivity contribution in [1.29, 1.82) is 0 Å². The largest absolute Gasteiger partial charge is 0.313 e. The molecule has 2 saturated carbocycles. The zero-order valence-electron chi connectivity index (χ0n) is 10.7. The molecule has 2 fully saturated rings. The van der Waals surface area contributed by atoms with E-state index in [1.807, 2.05) is 0 Å². The Hall–Kier alpha value is -0.0400. The molecule has 0 bridgehead atoms. The molecule has 0 aromatic heterocycles. The van der Waals surface area contributed by atoms with Crippen LogP contribution in [0.2, 0.25) is 0 Å². The zero-order valence-corrected chi connectivity index (χ0v) is 10.7. The lowest BCUT2D eigenvalue weighted by Crippen LogP contribution is -2.42. The number of rotatable bonds is 4. The summed E-state index contributed by atoms with van der Waals surface area (Å²) in [5.41, 5.74) is 0.709. The fourth-order valence-corrected chi connectivity index (χ4v) is 3.05. The third-order valence-corrected chi connectivity index (χ3v) is 5.15. The van der Waals surface area contributed by atoms with Crippen LogP contribution in [0.1, 0.15) is 59.3 Å². The molecule has 2 rings (SSSR count). The van der Waals surface area contributed by atoms with E-state index in [4.69, 9.17) is 0 Å². The van der Waals surface area contributed by atoms with Gasteiger partial charge < -0.3 is 5.32 Å². The van der Waals surface area contributed by atoms with E-state index < -0.39 is 0 Å². The Bertz CT molecular complexity index is 207. The second kappa shape index (κ2) is 4.45. The van der Waals surface area contributed by atoms with Crippen LogP contribution in [0.15, 0.2) is 0 Å². The van der Waals surface area contributed by atoms with Gasteiger partial charge in [0.15, 0.2) is 0 Å². The second-order valence-corrected chi connectivity index (χ2v) is 6.11. The minimum Gasteiger partial charge on any atom is -0.313 e. The van der Waals surface area contributed by atoms with Gasteiger partial charge in [-0.2, -0.15) is 0 Å². The Balaban J connectivity index is 1.78. The normalized spacial score (nSPS) is 39.0. The van der Waals surface area contributed by atoms with Crippen molar-refractivity contribution in [3.8, 4) is 0 Å². The maximum atomic E-state index is 3.86. The van der Waals surface area contributed by atoms with Gasteiger partial charge >= 0.3 is 0 Å². The van der Waals surface area contributed by atoms with Gasteiger partial charge in [0, 0.05) is 12.6 Å². The lowest BCUT2D eigenvalue weighted by Gasteiger charge is -2.35. The van der Waals surface area contributed by atoms with E-state index in [9.17, 15) is 0 Å². The van der Waals surface area contributed by atoms with Crippen molar-refractivity contribution in [2.75, 3.05) is 6.54 Å². The van der Waals surface area contributed by atoms with Crippen molar-refractivity contribution in [1.82, 2.24) is 5.32 Å². The van der Waals surface area contributed by atoms with Crippen molar-refractivity contribution in [3.05, 3.63) is 0 Å². The Kier molecular flexibility index (Phi) is 3.39. The molecule has 3 unspecified atom stereocenters. The van der Waals surface area contributed by atoms with Gasteiger partial charge in [-0.3, -0.25) is 0 Å². The summed E-state index contributed by atoms with van der Waals surface area (Å²) in [6.07, 6.45) is 8.59. The van der Waals surface area contributed by atoms with Gasteiger partial charge in [0.2, 0.25) is 0 Å². The number of hydrogen-bond donors (Lipinski definition) is 1. The van der Waals surface area contributed by atoms with E-state index in [0.29, 0.717) is 5.41 Å². The highest BCUT2D eigenvalue weighted by Crippen LogP contribution is 2.48. The van der Waals surface area contributed by atoms with Gasteiger partial charge in [0.25, 0.3) is 0 Å². The van der Waals surface area contributed by atoms with E-state index in [1.165, 1.54) is 45.1 Å². The predicted octanol–water partition coefficient (Wildman–Crippen LogP) is 3.59. The molecule has 0 saturated heterocycles. The first kappa shape index (κ1) is 11.4. The van der Waals surface area contributed by atoms with E-state index in [0.717, 1.165) is 17.9 Å². The van der Waals surface area contributed by atoms with Crippen LogP contribution in [-0.2, 0) is 0 Å². The van der Waals surface area contributed by atoms with Crippen LogP contribution in [0, 0.1) is 17.3 Å². The highest BCUT2D eigenvalue weighted by molar-refractivity contribution is 4.95. The lowest BCUT2D eigenvalue weighted by molar-refractivity contribution is 0.198. The molecular weight excluding hydrogens is 182 g/mol. The second-order valence-electron chi connectivity index (χ2n) is 6.11. The zero-order chi connectivity index (χ0) is 10.9. The van der Waals surface area contributed by atoms with Crippen LogP contribution < -0.4 is 5.32 Å². The molecule has 1 N–H and O–H groups in total. The van der Waals surface area contributed by atoms with Crippen LogP contribution in [0.25, 0.3) is 0 Å². The summed E-state index contributed by atoms with van der Waals surface area (Å²) in [6, 6.07) is 0.803. The molecule has 0 amide bonds. The Morgan fingerprint density at radius 2 is 1.93 bits per heavy atom. The molecule has 0 aromatic rings. The average molecular weight is 209 g/mol. The molecule has 0 radical (unpaired) electrons. The lowest BCUT2D eigenvalue weighted by atomic mass is 9.78. The van der Waals surface area contributed by atoms with Crippen molar-refractivity contribution < 1.29 is 0 Å². The summed E-state index contributed by atoms with van der Waals surface area (Å²) in [5.74, 6) is 1.81. The highest BCUT2D eigenvalue weighted by atomic mass is 14.9. The summed E-state index contributed by atoms with van der Waals surface area (Å²) in [4.78, 5) is 0. The van der Waals surface area contributed by atoms with Crippen molar-refractivity contribution in [3.63, 3.8) is 0 Å². The fourth-order valence-electron chi connectivity index (χ4n) is 3.05. The minimum atomic E-state index is 0.709. The summed E-state index contributed by atoms with van der Waals surface area (Å²) < 4.78 is 0. The van der Waals surface area contributed by atoms with E-state index >= 15 is 0 Å². The maximum absolute atomic E-state index is 3.86. The van der Waals surface area contributed by atoms with Crippen LogP contribution in [0.3, 0.4) is 0 Å². The molecule has 15 heavy (non-hydrogen) atoms. The van der Waals surface area contributed by atoms with Crippen LogP contribution >= 0.6 is 0 Å². The highest BCUT2D eigenvalue weighted by Gasteiger charge is 2.41. The first-order chi connectivity index (χ1) is 7.17. The van der Waals surface area contributed by atoms with Crippen molar-refractivity contribution >= 4 is 0 Å². The van der Waals surface area contributed by atoms with Gasteiger partial charge in [-0.25, -0.2) is 0 Å². The summed E-state index contributed by atoms with van der Waals surface area (Å²) >= 11 is 0. The standard InChI is InChI=1S/C14H27N/c1-4-14(8-9-14)10-15-13-7-5-6-11(2)12(13)3/h11-13,15H,4-10H2,1-3H3. The third-order valence-electron chi connectivity index (χ3n) is 5.15. The Labute approximate surface area is 95.0 Å². The summed E-state index contributed by atoms with van der Waals surface area (Å²) in [5, 5.41) is 3.86. The maximum Gasteiger partial charge on any atom is 0.00954 e. The molecule has 2 aliphatic carbocycles. The first-order valence-electron chi connectivity index (χ1n) is 6.90. The van der Waals surface area contributed by atoms with Crippen LogP contribution in [0.5, 0.6) is 0 Å². The first-order valence-corrected chi connectivity index (χ1v) is 6.90. The molecule has 2 aliphatic rings. The minimum absolute atomic E-state index is 0.709. The van der Waals surface area contributed by atoms with Crippen molar-refractivity contribution in [2.24, 2.45) is 17.3 Å². The number of nitrogens with one attached hydrogen (secondary N) is 1. The van der Waals surface area contributed by atoms with Gasteiger partial charge in [-0.05, 0) is 42.9 Å². The van der Waals surface area contributed by atoms with Crippen molar-refractivity contribution in [2.45, 2.75) is 65.3 Å². The van der Waals surface area contributed by atoms with Crippen LogP contribution in [0.4, 0.5) is 0 Å². The number of hydrogen-bond acceptors (Lipinski definition) is 1. The monoisotopic (exact) mass is 209 g/mol. The SMILES string of the molecule is CCC1(CNC2CCCC(C)C2C)CC1. The predicted molar refractivity (Wildman–Crippen MR) is 65.9 cm³/mol. The molecule has 0 aromatic carbocycles. The third kappa shape index (κ3) is 2.55. The molecule has 0 heterocycles. The molecule has 88 valence electrons. The van der Waals surface area contributed by atoms with Gasteiger partial charge in [0.05, 0.1) is 0 Å². The molecule has 1 nitrogen and oxygen atoms in total. The summed E-state index contributed by atoms with van der Waals surface area (Å²) in [6.45, 7) is 8.49. The summed E-state index contributed by atoms with van der Waals surface area (Å²) in [7, 11) is 0. The Morgan fingerprint density at radius 1 is 1.20 bits per heavy atom.